The standard InChI is InChI=1S/C21H21N3O2/c1-24(2)20-19(9-6-14-22-20)21(25)23-17-10-12-18(13-11-17)26-15-16-7-4-3-5-8-16/h3-14H,15H2,1-2H3,(H,23,25). The molecule has 0 saturated heterocycles. The summed E-state index contributed by atoms with van der Waals surface area (Å²) in [6.07, 6.45) is 1.67. The highest BCUT2D eigenvalue weighted by molar-refractivity contribution is 6.07. The van der Waals surface area contributed by atoms with Crippen LogP contribution in [0.1, 0.15) is 15.9 Å². The van der Waals surface area contributed by atoms with Crippen LogP contribution in [0.5, 0.6) is 5.75 Å². The van der Waals surface area contributed by atoms with Gasteiger partial charge in [-0.3, -0.25) is 4.79 Å². The minimum Gasteiger partial charge on any atom is -0.489 e. The van der Waals surface area contributed by atoms with Crippen molar-refractivity contribution in [2.24, 2.45) is 0 Å². The lowest BCUT2D eigenvalue weighted by molar-refractivity contribution is 0.102. The Kier molecular flexibility index (Phi) is 5.49. The number of hydrogen-bond acceptors (Lipinski definition) is 4. The van der Waals surface area contributed by atoms with E-state index in [1.807, 2.05) is 73.6 Å². The zero-order chi connectivity index (χ0) is 18.4. The lowest BCUT2D eigenvalue weighted by Gasteiger charge is -2.15. The molecule has 2 aromatic carbocycles. The molecule has 0 spiro atoms. The van der Waals surface area contributed by atoms with E-state index in [2.05, 4.69) is 10.3 Å². The van der Waals surface area contributed by atoms with Crippen LogP contribution in [0.25, 0.3) is 0 Å². The molecule has 1 N–H and O–H groups in total. The maximum Gasteiger partial charge on any atom is 0.259 e. The average molecular weight is 347 g/mol. The summed E-state index contributed by atoms with van der Waals surface area (Å²) in [7, 11) is 3.72. The van der Waals surface area contributed by atoms with Crippen molar-refractivity contribution in [3.05, 3.63) is 84.1 Å². The third-order valence-corrected chi connectivity index (χ3v) is 3.82. The van der Waals surface area contributed by atoms with Crippen molar-refractivity contribution in [3.63, 3.8) is 0 Å². The molecule has 3 aromatic rings. The van der Waals surface area contributed by atoms with E-state index in [1.54, 1.807) is 18.3 Å². The van der Waals surface area contributed by atoms with E-state index >= 15 is 0 Å². The number of carbonyl (C=O) groups excluding carboxylic acids is 1. The summed E-state index contributed by atoms with van der Waals surface area (Å²) in [6, 6.07) is 20.8. The van der Waals surface area contributed by atoms with Crippen molar-refractivity contribution < 1.29 is 9.53 Å². The van der Waals surface area contributed by atoms with Gasteiger partial charge in [0.15, 0.2) is 0 Å². The van der Waals surface area contributed by atoms with Crippen LogP contribution in [0.4, 0.5) is 11.5 Å². The van der Waals surface area contributed by atoms with Crippen LogP contribution in [0.15, 0.2) is 72.9 Å². The van der Waals surface area contributed by atoms with Gasteiger partial charge in [-0.2, -0.15) is 0 Å². The molecule has 26 heavy (non-hydrogen) atoms. The Morgan fingerprint density at radius 3 is 2.42 bits per heavy atom. The van der Waals surface area contributed by atoms with Gasteiger partial charge in [-0.15, -0.1) is 0 Å². The molecule has 0 aliphatic carbocycles. The molecule has 1 amide bonds. The van der Waals surface area contributed by atoms with Crippen molar-refractivity contribution in [1.29, 1.82) is 0 Å². The maximum absolute atomic E-state index is 12.5. The fourth-order valence-electron chi connectivity index (χ4n) is 2.50. The molecule has 5 heteroatoms. The summed E-state index contributed by atoms with van der Waals surface area (Å²) in [5.41, 5.74) is 2.34. The van der Waals surface area contributed by atoms with Gasteiger partial charge in [0.2, 0.25) is 0 Å². The van der Waals surface area contributed by atoms with Gasteiger partial charge >= 0.3 is 0 Å². The highest BCUT2D eigenvalue weighted by Gasteiger charge is 2.13. The van der Waals surface area contributed by atoms with Crippen molar-refractivity contribution in [3.8, 4) is 5.75 Å². The number of benzene rings is 2. The van der Waals surface area contributed by atoms with Crippen molar-refractivity contribution in [1.82, 2.24) is 4.98 Å². The number of hydrogen-bond donors (Lipinski definition) is 1. The van der Waals surface area contributed by atoms with Gasteiger partial charge < -0.3 is 15.0 Å². The summed E-state index contributed by atoms with van der Waals surface area (Å²) in [5.74, 6) is 1.19. The second-order valence-corrected chi connectivity index (χ2v) is 6.02. The summed E-state index contributed by atoms with van der Waals surface area (Å²) in [5, 5.41) is 2.89. The minimum absolute atomic E-state index is 0.195. The van der Waals surface area contributed by atoms with E-state index in [9.17, 15) is 4.79 Å². The van der Waals surface area contributed by atoms with Crippen LogP contribution in [-0.4, -0.2) is 25.0 Å². The fourth-order valence-corrected chi connectivity index (χ4v) is 2.50. The summed E-state index contributed by atoms with van der Waals surface area (Å²) < 4.78 is 5.76. The second kappa shape index (κ2) is 8.16. The Hall–Kier alpha value is -3.34. The number of aromatic nitrogens is 1. The zero-order valence-corrected chi connectivity index (χ0v) is 14.8. The number of anilines is 2. The highest BCUT2D eigenvalue weighted by atomic mass is 16.5. The van der Waals surface area contributed by atoms with Crippen molar-refractivity contribution >= 4 is 17.4 Å². The van der Waals surface area contributed by atoms with Crippen LogP contribution in [-0.2, 0) is 6.61 Å². The summed E-state index contributed by atoms with van der Waals surface area (Å²) in [4.78, 5) is 18.6. The first-order valence-corrected chi connectivity index (χ1v) is 8.34. The van der Waals surface area contributed by atoms with Crippen LogP contribution >= 0.6 is 0 Å². The first kappa shape index (κ1) is 17.5. The minimum atomic E-state index is -0.195. The molecule has 132 valence electrons. The molecule has 3 rings (SSSR count). The molecule has 0 bridgehead atoms. The van der Waals surface area contributed by atoms with Crippen molar-refractivity contribution in [2.45, 2.75) is 6.61 Å². The van der Waals surface area contributed by atoms with E-state index in [0.29, 0.717) is 23.7 Å². The van der Waals surface area contributed by atoms with Gasteiger partial charge in [-0.05, 0) is 42.0 Å². The number of nitrogens with one attached hydrogen (secondary N) is 1. The number of carbonyl (C=O) groups is 1. The number of amides is 1. The van der Waals surface area contributed by atoms with Gasteiger partial charge in [-0.25, -0.2) is 4.98 Å². The fraction of sp³-hybridized carbons (Fsp3) is 0.143. The van der Waals surface area contributed by atoms with Gasteiger partial charge in [0.25, 0.3) is 5.91 Å². The molecule has 0 radical (unpaired) electrons. The van der Waals surface area contributed by atoms with E-state index in [1.165, 1.54) is 0 Å². The maximum atomic E-state index is 12.5. The second-order valence-electron chi connectivity index (χ2n) is 6.02. The first-order valence-electron chi connectivity index (χ1n) is 8.34. The van der Waals surface area contributed by atoms with Crippen molar-refractivity contribution in [2.75, 3.05) is 24.3 Å². The van der Waals surface area contributed by atoms with Gasteiger partial charge in [0.1, 0.15) is 18.2 Å². The Bertz CT molecular complexity index is 862. The molecule has 0 fully saturated rings. The van der Waals surface area contributed by atoms with Crippen LogP contribution in [0.3, 0.4) is 0 Å². The highest BCUT2D eigenvalue weighted by Crippen LogP contribution is 2.20. The topological polar surface area (TPSA) is 54.5 Å². The lowest BCUT2D eigenvalue weighted by atomic mass is 10.2. The monoisotopic (exact) mass is 347 g/mol. The molecule has 5 nitrogen and oxygen atoms in total. The quantitative estimate of drug-likeness (QED) is 0.733. The van der Waals surface area contributed by atoms with Gasteiger partial charge in [-0.1, -0.05) is 30.3 Å². The SMILES string of the molecule is CN(C)c1ncccc1C(=O)Nc1ccc(OCc2ccccc2)cc1. The number of pyridine rings is 1. The molecule has 0 atom stereocenters. The zero-order valence-electron chi connectivity index (χ0n) is 14.8. The van der Waals surface area contributed by atoms with Gasteiger partial charge in [0.05, 0.1) is 5.56 Å². The Balaban J connectivity index is 1.63. The van der Waals surface area contributed by atoms with E-state index in [4.69, 9.17) is 4.74 Å². The lowest BCUT2D eigenvalue weighted by Crippen LogP contribution is -2.19. The third-order valence-electron chi connectivity index (χ3n) is 3.82. The summed E-state index contributed by atoms with van der Waals surface area (Å²) >= 11 is 0. The molecule has 0 unspecified atom stereocenters. The predicted octanol–water partition coefficient (Wildman–Crippen LogP) is 3.98. The largest absolute Gasteiger partial charge is 0.489 e. The van der Waals surface area contributed by atoms with E-state index in [0.717, 1.165) is 11.3 Å². The first-order chi connectivity index (χ1) is 12.6. The van der Waals surface area contributed by atoms with E-state index in [-0.39, 0.29) is 5.91 Å². The molecule has 1 heterocycles. The Morgan fingerprint density at radius 1 is 1.00 bits per heavy atom. The molecule has 0 aliphatic rings. The number of ether oxygens (including phenoxy) is 1. The summed E-state index contributed by atoms with van der Waals surface area (Å²) in [6.45, 7) is 0.508. The smallest absolute Gasteiger partial charge is 0.259 e. The third kappa shape index (κ3) is 4.39. The normalized spacial score (nSPS) is 10.2. The number of rotatable bonds is 6. The Morgan fingerprint density at radius 2 is 1.73 bits per heavy atom. The molecule has 0 saturated carbocycles. The molecular formula is C21H21N3O2. The predicted molar refractivity (Wildman–Crippen MR) is 104 cm³/mol. The number of nitrogens with zero attached hydrogens (tertiary/aromatic N) is 2. The molecule has 1 aromatic heterocycles. The van der Waals surface area contributed by atoms with E-state index < -0.39 is 0 Å². The van der Waals surface area contributed by atoms with Crippen LogP contribution < -0.4 is 15.0 Å². The van der Waals surface area contributed by atoms with Gasteiger partial charge in [0, 0.05) is 26.0 Å². The van der Waals surface area contributed by atoms with Crippen LogP contribution in [0, 0.1) is 0 Å². The molecule has 0 aliphatic heterocycles. The van der Waals surface area contributed by atoms with Crippen LogP contribution in [0.2, 0.25) is 0 Å². The molecular weight excluding hydrogens is 326 g/mol. The Labute approximate surface area is 153 Å². The average Bonchev–Trinajstić information content (AvgIpc) is 2.68.